The molecule has 2 N–H and O–H groups in total. The second-order valence-electron chi connectivity index (χ2n) is 10.1. The van der Waals surface area contributed by atoms with E-state index in [0.717, 1.165) is 19.3 Å². The molecule has 1 unspecified atom stereocenters. The molecule has 2 spiro atoms. The minimum absolute atomic E-state index is 0.0805. The summed E-state index contributed by atoms with van der Waals surface area (Å²) in [4.78, 5) is 13.2. The van der Waals surface area contributed by atoms with Crippen molar-refractivity contribution in [3.8, 4) is 0 Å². The lowest BCUT2D eigenvalue weighted by Gasteiger charge is -2.50. The van der Waals surface area contributed by atoms with Crippen LogP contribution in [0, 0.1) is 0 Å². The van der Waals surface area contributed by atoms with Gasteiger partial charge in [-0.05, 0) is 59.5 Å². The van der Waals surface area contributed by atoms with E-state index in [2.05, 4.69) is 50.5 Å². The maximum absolute atomic E-state index is 13.2. The molecule has 1 aliphatic carbocycles. The van der Waals surface area contributed by atoms with Crippen molar-refractivity contribution in [3.05, 3.63) is 12.2 Å². The van der Waals surface area contributed by atoms with E-state index in [4.69, 9.17) is 4.74 Å². The predicted molar refractivity (Wildman–Crippen MR) is 106 cm³/mol. The minimum atomic E-state index is -0.723. The molecule has 2 aliphatic heterocycles. The molecule has 2 saturated heterocycles. The van der Waals surface area contributed by atoms with E-state index in [1.807, 2.05) is 0 Å². The first-order chi connectivity index (χ1) is 12.2. The van der Waals surface area contributed by atoms with E-state index in [1.165, 1.54) is 38.5 Å². The summed E-state index contributed by atoms with van der Waals surface area (Å²) in [5.41, 5.74) is -1.58. The van der Waals surface area contributed by atoms with Crippen molar-refractivity contribution in [1.29, 1.82) is 0 Å². The number of hydrogen-bond donors (Lipinski definition) is 2. The molecule has 0 aromatic carbocycles. The lowest BCUT2D eigenvalue weighted by molar-refractivity contribution is -0.154. The van der Waals surface area contributed by atoms with Gasteiger partial charge in [-0.15, -0.1) is 0 Å². The quantitative estimate of drug-likeness (QED) is 0.620. The van der Waals surface area contributed by atoms with Crippen LogP contribution in [0.15, 0.2) is 12.2 Å². The van der Waals surface area contributed by atoms with Gasteiger partial charge in [0.15, 0.2) is 11.3 Å². The molecule has 3 rings (SSSR count). The van der Waals surface area contributed by atoms with Gasteiger partial charge in [-0.1, -0.05) is 38.2 Å². The fraction of sp³-hybridized carbons (Fsp3) is 0.864. The molecule has 0 saturated carbocycles. The maximum Gasteiger partial charge on any atom is 0.254 e. The van der Waals surface area contributed by atoms with Gasteiger partial charge >= 0.3 is 0 Å². The van der Waals surface area contributed by atoms with Crippen molar-refractivity contribution in [2.45, 2.75) is 121 Å². The van der Waals surface area contributed by atoms with Crippen molar-refractivity contribution < 1.29 is 9.53 Å². The van der Waals surface area contributed by atoms with Gasteiger partial charge in [0, 0.05) is 23.9 Å². The van der Waals surface area contributed by atoms with Crippen LogP contribution in [0.5, 0.6) is 0 Å². The first kappa shape index (κ1) is 19.9. The summed E-state index contributed by atoms with van der Waals surface area (Å²) in [6.45, 7) is 8.70. The number of amides is 1. The van der Waals surface area contributed by atoms with E-state index in [0.29, 0.717) is 12.8 Å². The van der Waals surface area contributed by atoms with Crippen molar-refractivity contribution in [2.75, 3.05) is 0 Å². The molecule has 3 aliphatic rings. The smallest absolute Gasteiger partial charge is 0.254 e. The highest BCUT2D eigenvalue weighted by Gasteiger charge is 2.60. The number of rotatable bonds is 0. The molecular formula is C22H38N2O2. The van der Waals surface area contributed by atoms with Crippen molar-refractivity contribution >= 4 is 5.91 Å². The molecule has 26 heavy (non-hydrogen) atoms. The van der Waals surface area contributed by atoms with Crippen LogP contribution in [0.4, 0.5) is 0 Å². The molecule has 4 nitrogen and oxygen atoms in total. The number of allylic oxidation sites excluding steroid dienone is 1. The SMILES string of the molecule is CC1(C)CC2(CC(C)(C)N1)OC1(C=CCCCCCCCCC1)NC2=O. The molecule has 1 amide bonds. The van der Waals surface area contributed by atoms with Crippen LogP contribution < -0.4 is 10.6 Å². The minimum Gasteiger partial charge on any atom is -0.336 e. The highest BCUT2D eigenvalue weighted by molar-refractivity contribution is 5.88. The van der Waals surface area contributed by atoms with Gasteiger partial charge < -0.3 is 15.4 Å². The monoisotopic (exact) mass is 362 g/mol. The molecule has 0 aromatic rings. The Bertz CT molecular complexity index is 536. The topological polar surface area (TPSA) is 50.4 Å². The summed E-state index contributed by atoms with van der Waals surface area (Å²) in [7, 11) is 0. The third-order valence-electron chi connectivity index (χ3n) is 6.05. The van der Waals surface area contributed by atoms with E-state index < -0.39 is 11.3 Å². The fourth-order valence-electron chi connectivity index (χ4n) is 5.53. The second-order valence-corrected chi connectivity index (χ2v) is 10.1. The van der Waals surface area contributed by atoms with Gasteiger partial charge in [-0.25, -0.2) is 0 Å². The Kier molecular flexibility index (Phi) is 5.56. The van der Waals surface area contributed by atoms with Crippen LogP contribution in [0.3, 0.4) is 0 Å². The van der Waals surface area contributed by atoms with E-state index in [9.17, 15) is 4.79 Å². The predicted octanol–water partition coefficient (Wildman–Crippen LogP) is 4.59. The number of carbonyl (C=O) groups excluding carboxylic acids is 1. The molecule has 0 radical (unpaired) electrons. The summed E-state index contributed by atoms with van der Waals surface area (Å²) in [5, 5.41) is 6.95. The average molecular weight is 363 g/mol. The van der Waals surface area contributed by atoms with Crippen molar-refractivity contribution in [3.63, 3.8) is 0 Å². The van der Waals surface area contributed by atoms with Crippen molar-refractivity contribution in [1.82, 2.24) is 10.6 Å². The molecule has 2 heterocycles. The maximum atomic E-state index is 13.2. The molecule has 148 valence electrons. The molecule has 4 heteroatoms. The van der Waals surface area contributed by atoms with Crippen molar-refractivity contribution in [2.24, 2.45) is 0 Å². The Morgan fingerprint density at radius 2 is 1.46 bits per heavy atom. The summed E-state index contributed by atoms with van der Waals surface area (Å²) in [5.74, 6) is 0.0805. The average Bonchev–Trinajstić information content (AvgIpc) is 2.71. The first-order valence-corrected chi connectivity index (χ1v) is 10.7. The summed E-state index contributed by atoms with van der Waals surface area (Å²) in [6.07, 6.45) is 16.6. The first-order valence-electron chi connectivity index (χ1n) is 10.7. The van der Waals surface area contributed by atoms with Crippen LogP contribution in [0.25, 0.3) is 0 Å². The normalized spacial score (nSPS) is 34.2. The highest BCUT2D eigenvalue weighted by Crippen LogP contribution is 2.45. The Morgan fingerprint density at radius 1 is 0.885 bits per heavy atom. The third-order valence-corrected chi connectivity index (χ3v) is 6.05. The van der Waals surface area contributed by atoms with Gasteiger partial charge in [0.1, 0.15) is 0 Å². The van der Waals surface area contributed by atoms with E-state index in [1.54, 1.807) is 0 Å². The Morgan fingerprint density at radius 3 is 2.12 bits per heavy atom. The number of piperidine rings is 1. The van der Waals surface area contributed by atoms with Gasteiger partial charge in [0.25, 0.3) is 5.91 Å². The number of nitrogens with one attached hydrogen (secondary N) is 2. The fourth-order valence-corrected chi connectivity index (χ4v) is 5.53. The largest absolute Gasteiger partial charge is 0.336 e. The molecule has 0 aromatic heterocycles. The van der Waals surface area contributed by atoms with Gasteiger partial charge in [0.2, 0.25) is 0 Å². The van der Waals surface area contributed by atoms with Gasteiger partial charge in [0.05, 0.1) is 0 Å². The number of ether oxygens (including phenoxy) is 1. The molecule has 2 fully saturated rings. The van der Waals surface area contributed by atoms with E-state index >= 15 is 0 Å². The Hall–Kier alpha value is -0.870. The zero-order valence-electron chi connectivity index (χ0n) is 17.2. The zero-order chi connectivity index (χ0) is 18.9. The van der Waals surface area contributed by atoms with Gasteiger partial charge in [-0.3, -0.25) is 4.79 Å². The molecule has 0 bridgehead atoms. The standard InChI is InChI=1S/C22H38N2O2/c1-19(2)16-21(17-20(3,4)24-19)18(25)23-22(26-21)14-12-10-8-6-5-7-9-11-13-15-22/h12,14,24H,5-11,13,15-17H2,1-4H3,(H,23,25). The Labute approximate surface area is 159 Å². The molecular weight excluding hydrogens is 324 g/mol. The lowest BCUT2D eigenvalue weighted by atomic mass is 9.72. The Balaban J connectivity index is 1.83. The lowest BCUT2D eigenvalue weighted by Crippen LogP contribution is -2.65. The molecule has 1 atom stereocenters. The number of carbonyl (C=O) groups is 1. The van der Waals surface area contributed by atoms with Gasteiger partial charge in [-0.2, -0.15) is 0 Å². The van der Waals surface area contributed by atoms with Crippen LogP contribution in [-0.2, 0) is 9.53 Å². The summed E-state index contributed by atoms with van der Waals surface area (Å²) < 4.78 is 6.72. The summed E-state index contributed by atoms with van der Waals surface area (Å²) in [6, 6.07) is 0. The second kappa shape index (κ2) is 7.27. The summed E-state index contributed by atoms with van der Waals surface area (Å²) >= 11 is 0. The van der Waals surface area contributed by atoms with Crippen LogP contribution in [0.2, 0.25) is 0 Å². The third kappa shape index (κ3) is 4.51. The van der Waals surface area contributed by atoms with Crippen LogP contribution in [0.1, 0.15) is 98.3 Å². The zero-order valence-corrected chi connectivity index (χ0v) is 17.2. The highest BCUT2D eigenvalue weighted by atomic mass is 16.6. The van der Waals surface area contributed by atoms with Crippen LogP contribution >= 0.6 is 0 Å². The van der Waals surface area contributed by atoms with Crippen LogP contribution in [-0.4, -0.2) is 28.3 Å². The number of hydrogen-bond acceptors (Lipinski definition) is 3. The van der Waals surface area contributed by atoms with E-state index in [-0.39, 0.29) is 17.0 Å².